The Morgan fingerprint density at radius 1 is 1.33 bits per heavy atom. The molecule has 0 amide bonds. The van der Waals surface area contributed by atoms with E-state index < -0.39 is 5.97 Å². The van der Waals surface area contributed by atoms with Gasteiger partial charge in [0.1, 0.15) is 5.56 Å². The monoisotopic (exact) mass is 243 g/mol. The van der Waals surface area contributed by atoms with Gasteiger partial charge in [-0.2, -0.15) is 0 Å². The van der Waals surface area contributed by atoms with E-state index in [9.17, 15) is 4.79 Å². The van der Waals surface area contributed by atoms with Gasteiger partial charge < -0.3 is 9.84 Å². The molecule has 0 atom stereocenters. The highest BCUT2D eigenvalue weighted by molar-refractivity contribution is 5.92. The lowest BCUT2D eigenvalue weighted by Gasteiger charge is -2.08. The minimum absolute atomic E-state index is 0.130. The lowest BCUT2D eigenvalue weighted by atomic mass is 10.1. The number of carboxylic acid groups (broad SMARTS) is 1. The average Bonchev–Trinajstić information content (AvgIpc) is 2.40. The van der Waals surface area contributed by atoms with Crippen molar-refractivity contribution in [2.75, 3.05) is 6.61 Å². The van der Waals surface area contributed by atoms with E-state index in [1.807, 2.05) is 30.3 Å². The molecule has 92 valence electrons. The first-order valence-electron chi connectivity index (χ1n) is 5.64. The van der Waals surface area contributed by atoms with E-state index in [0.717, 1.165) is 5.56 Å². The van der Waals surface area contributed by atoms with Gasteiger partial charge in [-0.25, -0.2) is 4.79 Å². The molecule has 1 aromatic carbocycles. The number of pyridine rings is 1. The van der Waals surface area contributed by atoms with E-state index in [4.69, 9.17) is 9.84 Å². The van der Waals surface area contributed by atoms with Crippen LogP contribution in [0, 0.1) is 0 Å². The number of carboxylic acids is 1. The molecule has 1 N–H and O–H groups in total. The molecule has 0 saturated carbocycles. The molecule has 0 unspecified atom stereocenters. The molecule has 0 bridgehead atoms. The van der Waals surface area contributed by atoms with E-state index in [0.29, 0.717) is 18.1 Å². The molecule has 4 heteroatoms. The fourth-order valence-electron chi connectivity index (χ4n) is 1.65. The third-order valence-corrected chi connectivity index (χ3v) is 2.47. The quantitative estimate of drug-likeness (QED) is 0.897. The summed E-state index contributed by atoms with van der Waals surface area (Å²) in [5.74, 6) is -0.720. The summed E-state index contributed by atoms with van der Waals surface area (Å²) in [6, 6.07) is 11.0. The maximum atomic E-state index is 11.2. The van der Waals surface area contributed by atoms with Gasteiger partial charge in [0.15, 0.2) is 5.75 Å². The fraction of sp³-hybridized carbons (Fsp3) is 0.143. The molecule has 1 heterocycles. The number of carbonyl (C=O) groups is 1. The molecule has 0 aliphatic rings. The number of aromatic nitrogens is 1. The lowest BCUT2D eigenvalue weighted by Crippen LogP contribution is -2.04. The first-order valence-corrected chi connectivity index (χ1v) is 5.64. The van der Waals surface area contributed by atoms with Gasteiger partial charge in [0.2, 0.25) is 0 Å². The molecule has 0 aliphatic heterocycles. The summed E-state index contributed by atoms with van der Waals surface area (Å²) in [5.41, 5.74) is 1.63. The molecule has 0 spiro atoms. The van der Waals surface area contributed by atoms with Crippen molar-refractivity contribution >= 4 is 5.97 Å². The van der Waals surface area contributed by atoms with Crippen LogP contribution in [0.2, 0.25) is 0 Å². The standard InChI is InChI=1S/C14H13NO3/c1-2-18-13-9-15-12(8-11(13)14(16)17)10-6-4-3-5-7-10/h3-9H,2H2,1H3,(H,16,17). The Labute approximate surface area is 105 Å². The normalized spacial score (nSPS) is 10.1. The molecular formula is C14H13NO3. The number of rotatable bonds is 4. The summed E-state index contributed by atoms with van der Waals surface area (Å²) in [5, 5.41) is 9.16. The second-order valence-electron chi connectivity index (χ2n) is 3.67. The van der Waals surface area contributed by atoms with Crippen molar-refractivity contribution in [3.8, 4) is 17.0 Å². The highest BCUT2D eigenvalue weighted by Gasteiger charge is 2.13. The number of hydrogen-bond donors (Lipinski definition) is 1. The van der Waals surface area contributed by atoms with Crippen LogP contribution in [0.1, 0.15) is 17.3 Å². The van der Waals surface area contributed by atoms with E-state index in [1.165, 1.54) is 12.3 Å². The molecule has 0 aliphatic carbocycles. The van der Waals surface area contributed by atoms with E-state index in [-0.39, 0.29) is 5.56 Å². The second kappa shape index (κ2) is 5.31. The highest BCUT2D eigenvalue weighted by Crippen LogP contribution is 2.24. The molecule has 2 rings (SSSR count). The van der Waals surface area contributed by atoms with Gasteiger partial charge in [-0.05, 0) is 13.0 Å². The van der Waals surface area contributed by atoms with E-state index in [1.54, 1.807) is 6.92 Å². The topological polar surface area (TPSA) is 59.4 Å². The first-order chi connectivity index (χ1) is 8.72. The number of nitrogens with zero attached hydrogens (tertiary/aromatic N) is 1. The van der Waals surface area contributed by atoms with Crippen molar-refractivity contribution in [2.24, 2.45) is 0 Å². The van der Waals surface area contributed by atoms with Gasteiger partial charge in [-0.1, -0.05) is 30.3 Å². The third kappa shape index (κ3) is 2.48. The van der Waals surface area contributed by atoms with Crippen LogP contribution in [-0.4, -0.2) is 22.7 Å². The molecule has 1 aromatic heterocycles. The summed E-state index contributed by atoms with van der Waals surface area (Å²) in [4.78, 5) is 15.4. The minimum atomic E-state index is -1.02. The zero-order valence-corrected chi connectivity index (χ0v) is 9.96. The fourth-order valence-corrected chi connectivity index (χ4v) is 1.65. The minimum Gasteiger partial charge on any atom is -0.491 e. The van der Waals surface area contributed by atoms with Crippen molar-refractivity contribution in [3.63, 3.8) is 0 Å². The van der Waals surface area contributed by atoms with Crippen molar-refractivity contribution in [3.05, 3.63) is 48.2 Å². The maximum Gasteiger partial charge on any atom is 0.339 e. The molecule has 2 aromatic rings. The summed E-state index contributed by atoms with van der Waals surface area (Å²) < 4.78 is 5.25. The number of benzene rings is 1. The van der Waals surface area contributed by atoms with Crippen LogP contribution < -0.4 is 4.74 Å². The Hall–Kier alpha value is -2.36. The van der Waals surface area contributed by atoms with Gasteiger partial charge in [0.05, 0.1) is 18.5 Å². The number of ether oxygens (including phenoxy) is 1. The van der Waals surface area contributed by atoms with Crippen LogP contribution in [-0.2, 0) is 0 Å². The summed E-state index contributed by atoms with van der Waals surface area (Å²) in [6.45, 7) is 2.21. The lowest BCUT2D eigenvalue weighted by molar-refractivity contribution is 0.0692. The van der Waals surface area contributed by atoms with Crippen LogP contribution in [0.15, 0.2) is 42.6 Å². The summed E-state index contributed by atoms with van der Waals surface area (Å²) in [6.07, 6.45) is 1.45. The van der Waals surface area contributed by atoms with Crippen molar-refractivity contribution in [1.29, 1.82) is 0 Å². The molecule has 0 radical (unpaired) electrons. The third-order valence-electron chi connectivity index (χ3n) is 2.47. The van der Waals surface area contributed by atoms with Crippen LogP contribution >= 0.6 is 0 Å². The smallest absolute Gasteiger partial charge is 0.339 e. The summed E-state index contributed by atoms with van der Waals surface area (Å²) >= 11 is 0. The molecule has 18 heavy (non-hydrogen) atoms. The predicted molar refractivity (Wildman–Crippen MR) is 67.8 cm³/mol. The van der Waals surface area contributed by atoms with Crippen LogP contribution in [0.5, 0.6) is 5.75 Å². The van der Waals surface area contributed by atoms with Crippen LogP contribution in [0.3, 0.4) is 0 Å². The number of aromatic carboxylic acids is 1. The molecule has 0 fully saturated rings. The Kier molecular flexibility index (Phi) is 3.57. The molecule has 4 nitrogen and oxygen atoms in total. The zero-order chi connectivity index (χ0) is 13.0. The van der Waals surface area contributed by atoms with E-state index >= 15 is 0 Å². The maximum absolute atomic E-state index is 11.2. The van der Waals surface area contributed by atoms with Gasteiger partial charge >= 0.3 is 5.97 Å². The van der Waals surface area contributed by atoms with Crippen LogP contribution in [0.25, 0.3) is 11.3 Å². The van der Waals surface area contributed by atoms with Crippen molar-refractivity contribution < 1.29 is 14.6 Å². The van der Waals surface area contributed by atoms with Crippen molar-refractivity contribution in [1.82, 2.24) is 4.98 Å². The SMILES string of the molecule is CCOc1cnc(-c2ccccc2)cc1C(=O)O. The number of hydrogen-bond acceptors (Lipinski definition) is 3. The van der Waals surface area contributed by atoms with Crippen molar-refractivity contribution in [2.45, 2.75) is 6.92 Å². The highest BCUT2D eigenvalue weighted by atomic mass is 16.5. The van der Waals surface area contributed by atoms with Crippen LogP contribution in [0.4, 0.5) is 0 Å². The van der Waals surface area contributed by atoms with E-state index in [2.05, 4.69) is 4.98 Å². The Morgan fingerprint density at radius 3 is 2.67 bits per heavy atom. The van der Waals surface area contributed by atoms with Gasteiger partial charge in [0, 0.05) is 5.56 Å². The Balaban J connectivity index is 2.46. The predicted octanol–water partition coefficient (Wildman–Crippen LogP) is 2.85. The molecule has 0 saturated heterocycles. The van der Waals surface area contributed by atoms with Gasteiger partial charge in [-0.15, -0.1) is 0 Å². The first kappa shape index (κ1) is 12.1. The van der Waals surface area contributed by atoms with Gasteiger partial charge in [0.25, 0.3) is 0 Å². The van der Waals surface area contributed by atoms with Gasteiger partial charge in [-0.3, -0.25) is 4.98 Å². The average molecular weight is 243 g/mol. The Morgan fingerprint density at radius 2 is 2.06 bits per heavy atom. The zero-order valence-electron chi connectivity index (χ0n) is 9.96. The summed E-state index contributed by atoms with van der Waals surface area (Å²) in [7, 11) is 0. The Bertz CT molecular complexity index is 552. The second-order valence-corrected chi connectivity index (χ2v) is 3.67. The molecular weight excluding hydrogens is 230 g/mol. The largest absolute Gasteiger partial charge is 0.491 e.